The predicted octanol–water partition coefficient (Wildman–Crippen LogP) is 2.43. The van der Waals surface area contributed by atoms with E-state index in [0.29, 0.717) is 0 Å². The maximum atomic E-state index is 6.13. The van der Waals surface area contributed by atoms with Crippen LogP contribution in [-0.4, -0.2) is 9.78 Å². The number of aryl methyl sites for hydroxylation is 2. The second-order valence-electron chi connectivity index (χ2n) is 3.90. The van der Waals surface area contributed by atoms with E-state index in [-0.39, 0.29) is 6.04 Å². The van der Waals surface area contributed by atoms with Crippen LogP contribution in [0.4, 0.5) is 0 Å². The van der Waals surface area contributed by atoms with Crippen molar-refractivity contribution in [2.75, 3.05) is 0 Å². The van der Waals surface area contributed by atoms with Gasteiger partial charge in [0, 0.05) is 18.3 Å². The van der Waals surface area contributed by atoms with E-state index >= 15 is 0 Å². The highest BCUT2D eigenvalue weighted by Gasteiger charge is 2.12. The van der Waals surface area contributed by atoms with Crippen LogP contribution in [-0.2, 0) is 7.05 Å². The second-order valence-corrected chi connectivity index (χ2v) is 4.31. The molecule has 0 aliphatic carbocycles. The normalized spacial score (nSPS) is 12.8. The van der Waals surface area contributed by atoms with E-state index in [1.165, 1.54) is 0 Å². The summed E-state index contributed by atoms with van der Waals surface area (Å²) in [5, 5.41) is 5.06. The Bertz CT molecular complexity index is 505. The fraction of sp³-hybridized carbons (Fsp3) is 0.250. The number of hydrogen-bond acceptors (Lipinski definition) is 2. The Labute approximate surface area is 99.8 Å². The smallest absolute Gasteiger partial charge is 0.0837 e. The molecule has 0 fully saturated rings. The minimum absolute atomic E-state index is 0.197. The first-order chi connectivity index (χ1) is 7.58. The Hall–Kier alpha value is -1.32. The fourth-order valence-corrected chi connectivity index (χ4v) is 1.75. The molecule has 1 aromatic carbocycles. The molecule has 0 spiro atoms. The molecular formula is C12H14ClN3. The molecule has 0 aliphatic rings. The summed E-state index contributed by atoms with van der Waals surface area (Å²) in [6.45, 7) is 1.97. The van der Waals surface area contributed by atoms with Crippen molar-refractivity contribution < 1.29 is 0 Å². The lowest BCUT2D eigenvalue weighted by Gasteiger charge is -2.10. The Morgan fingerprint density at radius 2 is 2.12 bits per heavy atom. The van der Waals surface area contributed by atoms with Gasteiger partial charge in [-0.2, -0.15) is 5.10 Å². The van der Waals surface area contributed by atoms with Crippen LogP contribution in [0.1, 0.15) is 22.9 Å². The Morgan fingerprint density at radius 3 is 2.69 bits per heavy atom. The maximum Gasteiger partial charge on any atom is 0.0837 e. The molecule has 1 atom stereocenters. The van der Waals surface area contributed by atoms with E-state index in [4.69, 9.17) is 17.3 Å². The molecule has 84 valence electrons. The molecule has 2 rings (SSSR count). The zero-order valence-electron chi connectivity index (χ0n) is 9.31. The summed E-state index contributed by atoms with van der Waals surface area (Å²) in [7, 11) is 1.88. The molecule has 4 heteroatoms. The van der Waals surface area contributed by atoms with Crippen molar-refractivity contribution in [1.82, 2.24) is 9.78 Å². The number of nitrogens with zero attached hydrogens (tertiary/aromatic N) is 2. The first-order valence-corrected chi connectivity index (χ1v) is 5.47. The molecule has 1 aromatic heterocycles. The van der Waals surface area contributed by atoms with Crippen LogP contribution in [0, 0.1) is 6.92 Å². The van der Waals surface area contributed by atoms with Gasteiger partial charge in [-0.25, -0.2) is 0 Å². The SMILES string of the molecule is Cc1cc(C(N)c2ccn(C)n2)ccc1Cl. The molecule has 16 heavy (non-hydrogen) atoms. The third-order valence-electron chi connectivity index (χ3n) is 2.59. The fourth-order valence-electron chi connectivity index (χ4n) is 1.63. The van der Waals surface area contributed by atoms with Gasteiger partial charge in [-0.05, 0) is 30.2 Å². The monoisotopic (exact) mass is 235 g/mol. The lowest BCUT2D eigenvalue weighted by Crippen LogP contribution is -2.13. The zero-order chi connectivity index (χ0) is 11.7. The quantitative estimate of drug-likeness (QED) is 0.869. The van der Waals surface area contributed by atoms with Gasteiger partial charge in [0.2, 0.25) is 0 Å². The molecule has 0 saturated carbocycles. The van der Waals surface area contributed by atoms with E-state index in [1.54, 1.807) is 4.68 Å². The molecular weight excluding hydrogens is 222 g/mol. The van der Waals surface area contributed by atoms with E-state index in [2.05, 4.69) is 5.10 Å². The molecule has 2 N–H and O–H groups in total. The van der Waals surface area contributed by atoms with Crippen LogP contribution < -0.4 is 5.73 Å². The van der Waals surface area contributed by atoms with Crippen molar-refractivity contribution in [2.45, 2.75) is 13.0 Å². The van der Waals surface area contributed by atoms with E-state index in [1.807, 2.05) is 44.4 Å². The first kappa shape index (κ1) is 11.2. The van der Waals surface area contributed by atoms with Gasteiger partial charge in [-0.15, -0.1) is 0 Å². The van der Waals surface area contributed by atoms with Gasteiger partial charge in [0.25, 0.3) is 0 Å². The Balaban J connectivity index is 2.33. The third kappa shape index (κ3) is 2.10. The summed E-state index contributed by atoms with van der Waals surface area (Å²) in [4.78, 5) is 0. The van der Waals surface area contributed by atoms with E-state index in [9.17, 15) is 0 Å². The summed E-state index contributed by atoms with van der Waals surface area (Å²) in [5.74, 6) is 0. The second kappa shape index (κ2) is 4.28. The highest BCUT2D eigenvalue weighted by Crippen LogP contribution is 2.22. The van der Waals surface area contributed by atoms with Gasteiger partial charge >= 0.3 is 0 Å². The standard InChI is InChI=1S/C12H14ClN3/c1-8-7-9(3-4-10(8)13)12(14)11-5-6-16(2)15-11/h3-7,12H,14H2,1-2H3. The summed E-state index contributed by atoms with van der Waals surface area (Å²) in [5.41, 5.74) is 9.06. The molecule has 3 nitrogen and oxygen atoms in total. The van der Waals surface area contributed by atoms with Crippen molar-refractivity contribution in [3.63, 3.8) is 0 Å². The summed E-state index contributed by atoms with van der Waals surface area (Å²) in [6.07, 6.45) is 1.89. The molecule has 0 bridgehead atoms. The van der Waals surface area contributed by atoms with Crippen molar-refractivity contribution >= 4 is 11.6 Å². The van der Waals surface area contributed by atoms with Crippen LogP contribution in [0.2, 0.25) is 5.02 Å². The molecule has 1 heterocycles. The van der Waals surface area contributed by atoms with E-state index < -0.39 is 0 Å². The van der Waals surface area contributed by atoms with Gasteiger partial charge in [-0.3, -0.25) is 4.68 Å². The minimum Gasteiger partial charge on any atom is -0.319 e. The van der Waals surface area contributed by atoms with Gasteiger partial charge in [0.15, 0.2) is 0 Å². The van der Waals surface area contributed by atoms with Crippen LogP contribution >= 0.6 is 11.6 Å². The summed E-state index contributed by atoms with van der Waals surface area (Å²) >= 11 is 5.97. The van der Waals surface area contributed by atoms with Gasteiger partial charge in [0.1, 0.15) is 0 Å². The Morgan fingerprint density at radius 1 is 1.38 bits per heavy atom. The van der Waals surface area contributed by atoms with Crippen LogP contribution in [0.3, 0.4) is 0 Å². The minimum atomic E-state index is -0.197. The summed E-state index contributed by atoms with van der Waals surface area (Å²) < 4.78 is 1.75. The van der Waals surface area contributed by atoms with Crippen LogP contribution in [0.25, 0.3) is 0 Å². The molecule has 0 amide bonds. The number of hydrogen-bond donors (Lipinski definition) is 1. The van der Waals surface area contributed by atoms with Crippen molar-refractivity contribution in [3.05, 3.63) is 52.3 Å². The topological polar surface area (TPSA) is 43.8 Å². The first-order valence-electron chi connectivity index (χ1n) is 5.09. The lowest BCUT2D eigenvalue weighted by molar-refractivity contribution is 0.715. The highest BCUT2D eigenvalue weighted by atomic mass is 35.5. The van der Waals surface area contributed by atoms with Gasteiger partial charge in [0.05, 0.1) is 11.7 Å². The van der Waals surface area contributed by atoms with E-state index in [0.717, 1.165) is 21.8 Å². The molecule has 0 radical (unpaired) electrons. The third-order valence-corrected chi connectivity index (χ3v) is 3.02. The number of benzene rings is 1. The largest absolute Gasteiger partial charge is 0.319 e. The average Bonchev–Trinajstić information content (AvgIpc) is 2.68. The lowest BCUT2D eigenvalue weighted by atomic mass is 10.0. The molecule has 1 unspecified atom stereocenters. The van der Waals surface area contributed by atoms with Crippen LogP contribution in [0.5, 0.6) is 0 Å². The average molecular weight is 236 g/mol. The highest BCUT2D eigenvalue weighted by molar-refractivity contribution is 6.31. The van der Waals surface area contributed by atoms with Crippen molar-refractivity contribution in [1.29, 1.82) is 0 Å². The number of nitrogens with two attached hydrogens (primary N) is 1. The molecule has 2 aromatic rings. The van der Waals surface area contributed by atoms with Gasteiger partial charge < -0.3 is 5.73 Å². The molecule has 0 saturated heterocycles. The van der Waals surface area contributed by atoms with Crippen LogP contribution in [0.15, 0.2) is 30.5 Å². The van der Waals surface area contributed by atoms with Gasteiger partial charge in [-0.1, -0.05) is 23.7 Å². The number of rotatable bonds is 2. The predicted molar refractivity (Wildman–Crippen MR) is 65.4 cm³/mol. The summed E-state index contributed by atoms with van der Waals surface area (Å²) in [6, 6.07) is 7.54. The zero-order valence-corrected chi connectivity index (χ0v) is 10.1. The molecule has 0 aliphatic heterocycles. The van der Waals surface area contributed by atoms with Crippen molar-refractivity contribution in [2.24, 2.45) is 12.8 Å². The number of halogens is 1. The maximum absolute atomic E-state index is 6.13. The Kier molecular flexibility index (Phi) is 2.99. The number of aromatic nitrogens is 2. The van der Waals surface area contributed by atoms with Crippen molar-refractivity contribution in [3.8, 4) is 0 Å².